The van der Waals surface area contributed by atoms with Crippen LogP contribution in [0.25, 0.3) is 0 Å². The van der Waals surface area contributed by atoms with Crippen molar-refractivity contribution in [2.75, 3.05) is 5.75 Å². The summed E-state index contributed by atoms with van der Waals surface area (Å²) in [5, 5.41) is 13.7. The molecule has 0 spiro atoms. The zero-order chi connectivity index (χ0) is 15.4. The Morgan fingerprint density at radius 3 is 2.71 bits per heavy atom. The van der Waals surface area contributed by atoms with E-state index >= 15 is 0 Å². The third-order valence-corrected chi connectivity index (χ3v) is 4.11. The largest absolute Gasteiger partial charge is 0.351 e. The van der Waals surface area contributed by atoms with Crippen molar-refractivity contribution >= 4 is 57.6 Å². The molecule has 2 fully saturated rings. The maximum Gasteiger partial charge on any atom is 0.318 e. The van der Waals surface area contributed by atoms with Crippen LogP contribution in [-0.4, -0.2) is 45.1 Å². The molecule has 0 aromatic heterocycles. The second-order valence-corrected chi connectivity index (χ2v) is 6.00. The molecule has 0 saturated carbocycles. The van der Waals surface area contributed by atoms with E-state index in [-0.39, 0.29) is 16.8 Å². The van der Waals surface area contributed by atoms with Crippen LogP contribution in [-0.2, 0) is 9.59 Å². The molecule has 0 radical (unpaired) electrons. The number of carbonyl (C=O) groups excluding carboxylic acids is 4. The Morgan fingerprint density at radius 2 is 2.10 bits per heavy atom. The van der Waals surface area contributed by atoms with Gasteiger partial charge in [0.1, 0.15) is 11.1 Å². The van der Waals surface area contributed by atoms with Gasteiger partial charge in [-0.3, -0.25) is 19.7 Å². The maximum absolute atomic E-state index is 11.6. The second-order valence-electron chi connectivity index (χ2n) is 3.87. The van der Waals surface area contributed by atoms with E-state index in [1.165, 1.54) is 0 Å². The Hall–Kier alpha value is -2.08. The van der Waals surface area contributed by atoms with Gasteiger partial charge in [0, 0.05) is 6.42 Å². The Morgan fingerprint density at radius 1 is 1.33 bits per heavy atom. The number of imide groups is 1. The van der Waals surface area contributed by atoms with E-state index in [9.17, 15) is 19.2 Å². The van der Waals surface area contributed by atoms with Crippen LogP contribution < -0.4 is 21.7 Å². The topological polar surface area (TPSA) is 155 Å². The Labute approximate surface area is 126 Å². The van der Waals surface area contributed by atoms with Crippen molar-refractivity contribution in [3.63, 3.8) is 0 Å². The first-order valence-corrected chi connectivity index (χ1v) is 7.45. The number of hydrogen-bond acceptors (Lipinski definition) is 8. The van der Waals surface area contributed by atoms with Crippen molar-refractivity contribution < 1.29 is 19.2 Å². The maximum atomic E-state index is 11.6. The standard InChI is InChI=1S/C9H10N6O4S2/c10-7(18)12-5(16)1-3-6(17)13-8(21-3)15-14-4-2-20-9(19)11-4/h3H,1-2H2,(H,11,14,19)(H,13,15,17)(H3,10,12,16,18)/t3-/m0/s1. The Balaban J connectivity index is 1.91. The SMILES string of the molecule is NC(=O)NC(=O)C[C@@H]1SC(=N/N=C2\CSC(=O)N2)NC1=O. The average molecular weight is 330 g/mol. The molecule has 1 atom stereocenters. The van der Waals surface area contributed by atoms with Crippen molar-refractivity contribution in [1.82, 2.24) is 16.0 Å². The van der Waals surface area contributed by atoms with Gasteiger partial charge in [0.15, 0.2) is 5.17 Å². The zero-order valence-corrected chi connectivity index (χ0v) is 12.0. The third kappa shape index (κ3) is 4.46. The van der Waals surface area contributed by atoms with Gasteiger partial charge in [0.2, 0.25) is 11.8 Å². The lowest BCUT2D eigenvalue weighted by Crippen LogP contribution is -2.37. The highest BCUT2D eigenvalue weighted by atomic mass is 32.2. The molecule has 0 bridgehead atoms. The molecule has 2 heterocycles. The number of nitrogens with zero attached hydrogens (tertiary/aromatic N) is 2. The lowest BCUT2D eigenvalue weighted by molar-refractivity contribution is -0.124. The Bertz CT molecular complexity index is 575. The monoisotopic (exact) mass is 330 g/mol. The summed E-state index contributed by atoms with van der Waals surface area (Å²) in [6.07, 6.45) is -0.207. The summed E-state index contributed by atoms with van der Waals surface area (Å²) in [7, 11) is 0. The summed E-state index contributed by atoms with van der Waals surface area (Å²) in [4.78, 5) is 44.4. The van der Waals surface area contributed by atoms with E-state index in [1.54, 1.807) is 0 Å². The quantitative estimate of drug-likeness (QED) is 0.483. The normalized spacial score (nSPS) is 25.0. The van der Waals surface area contributed by atoms with Crippen molar-refractivity contribution in [2.45, 2.75) is 11.7 Å². The number of primary amides is 1. The molecule has 10 nitrogen and oxygen atoms in total. The molecular weight excluding hydrogens is 320 g/mol. The highest BCUT2D eigenvalue weighted by Gasteiger charge is 2.32. The predicted octanol–water partition coefficient (Wildman–Crippen LogP) is -1.07. The number of nitrogens with two attached hydrogens (primary N) is 1. The van der Waals surface area contributed by atoms with Crippen molar-refractivity contribution in [2.24, 2.45) is 15.9 Å². The van der Waals surface area contributed by atoms with Crippen LogP contribution >= 0.6 is 23.5 Å². The number of amides is 5. The predicted molar refractivity (Wildman–Crippen MR) is 77.7 cm³/mol. The van der Waals surface area contributed by atoms with Crippen molar-refractivity contribution in [1.29, 1.82) is 0 Å². The van der Waals surface area contributed by atoms with Gasteiger partial charge < -0.3 is 16.4 Å². The third-order valence-electron chi connectivity index (χ3n) is 2.26. The van der Waals surface area contributed by atoms with Crippen LogP contribution in [0.15, 0.2) is 10.2 Å². The van der Waals surface area contributed by atoms with Gasteiger partial charge in [-0.2, -0.15) is 0 Å². The van der Waals surface area contributed by atoms with Gasteiger partial charge in [0.25, 0.3) is 5.24 Å². The second kappa shape index (κ2) is 6.58. The van der Waals surface area contributed by atoms with E-state index in [4.69, 9.17) is 5.73 Å². The molecule has 2 saturated heterocycles. The average Bonchev–Trinajstić information content (AvgIpc) is 2.93. The van der Waals surface area contributed by atoms with Gasteiger partial charge >= 0.3 is 6.03 Å². The lowest BCUT2D eigenvalue weighted by atomic mass is 10.3. The molecule has 2 rings (SSSR count). The van der Waals surface area contributed by atoms with Crippen LogP contribution in [0.4, 0.5) is 9.59 Å². The molecule has 12 heteroatoms. The number of nitrogens with one attached hydrogen (secondary N) is 3. The van der Waals surface area contributed by atoms with E-state index in [2.05, 4.69) is 20.8 Å². The fraction of sp³-hybridized carbons (Fsp3) is 0.333. The first-order chi connectivity index (χ1) is 9.94. The molecule has 0 unspecified atom stereocenters. The molecule has 5 N–H and O–H groups in total. The number of rotatable bonds is 3. The summed E-state index contributed by atoms with van der Waals surface area (Å²) in [6.45, 7) is 0. The van der Waals surface area contributed by atoms with Crippen molar-refractivity contribution in [3.8, 4) is 0 Å². The molecule has 112 valence electrons. The minimum atomic E-state index is -0.974. The molecule has 2 aliphatic rings. The number of carbonyl (C=O) groups is 4. The number of amidine groups is 2. The smallest absolute Gasteiger partial charge is 0.318 e. The van der Waals surface area contributed by atoms with E-state index < -0.39 is 23.1 Å². The van der Waals surface area contributed by atoms with Crippen LogP contribution in [0.5, 0.6) is 0 Å². The summed E-state index contributed by atoms with van der Waals surface area (Å²) in [5.74, 6) is -0.286. The fourth-order valence-corrected chi connectivity index (χ4v) is 2.93. The zero-order valence-electron chi connectivity index (χ0n) is 10.4. The minimum absolute atomic E-state index is 0.207. The molecule has 2 aliphatic heterocycles. The van der Waals surface area contributed by atoms with Gasteiger partial charge in [-0.25, -0.2) is 4.79 Å². The molecule has 5 amide bonds. The lowest BCUT2D eigenvalue weighted by Gasteiger charge is -2.03. The van der Waals surface area contributed by atoms with Gasteiger partial charge in [-0.15, -0.1) is 10.2 Å². The van der Waals surface area contributed by atoms with Crippen LogP contribution in [0.3, 0.4) is 0 Å². The van der Waals surface area contributed by atoms with Gasteiger partial charge in [-0.1, -0.05) is 23.5 Å². The van der Waals surface area contributed by atoms with Crippen molar-refractivity contribution in [3.05, 3.63) is 0 Å². The van der Waals surface area contributed by atoms with Crippen LogP contribution in [0.1, 0.15) is 6.42 Å². The highest BCUT2D eigenvalue weighted by Crippen LogP contribution is 2.22. The Kier molecular flexibility index (Phi) is 4.80. The summed E-state index contributed by atoms with van der Waals surface area (Å²) in [5.41, 5.74) is 4.80. The number of urea groups is 1. The first-order valence-electron chi connectivity index (χ1n) is 5.59. The van der Waals surface area contributed by atoms with E-state index in [0.29, 0.717) is 11.6 Å². The molecule has 0 aromatic rings. The molecule has 21 heavy (non-hydrogen) atoms. The van der Waals surface area contributed by atoms with Gasteiger partial charge in [-0.05, 0) is 0 Å². The summed E-state index contributed by atoms with van der Waals surface area (Å²) < 4.78 is 0. The van der Waals surface area contributed by atoms with Crippen LogP contribution in [0.2, 0.25) is 0 Å². The molecular formula is C9H10N6O4S2. The molecule has 0 aliphatic carbocycles. The molecule has 0 aromatic carbocycles. The first kappa shape index (κ1) is 15.3. The summed E-state index contributed by atoms with van der Waals surface area (Å²) in [6, 6.07) is -0.974. The highest BCUT2D eigenvalue weighted by molar-refractivity contribution is 8.15. The fourth-order valence-electron chi connectivity index (χ4n) is 1.43. The van der Waals surface area contributed by atoms with Crippen LogP contribution in [0, 0.1) is 0 Å². The number of thioether (sulfide) groups is 2. The summed E-state index contributed by atoms with van der Waals surface area (Å²) >= 11 is 2.07. The van der Waals surface area contributed by atoms with Gasteiger partial charge in [0.05, 0.1) is 5.75 Å². The van der Waals surface area contributed by atoms with E-state index in [0.717, 1.165) is 23.5 Å². The van der Waals surface area contributed by atoms with E-state index in [1.807, 2.05) is 5.32 Å². The minimum Gasteiger partial charge on any atom is -0.351 e. The number of hydrogen-bond donors (Lipinski definition) is 4.